The molecule has 2 atom stereocenters. The topological polar surface area (TPSA) is 86.8 Å². The van der Waals surface area contributed by atoms with Gasteiger partial charge in [-0.3, -0.25) is 13.9 Å². The van der Waals surface area contributed by atoms with Crippen molar-refractivity contribution < 1.29 is 18.0 Å². The van der Waals surface area contributed by atoms with Crippen LogP contribution in [0.15, 0.2) is 77.7 Å². The number of hydrogen-bond acceptors (Lipinski definition) is 4. The van der Waals surface area contributed by atoms with Gasteiger partial charge >= 0.3 is 0 Å². The Labute approximate surface area is 240 Å². The second-order valence-electron chi connectivity index (χ2n) is 9.45. The van der Waals surface area contributed by atoms with Crippen LogP contribution in [0.4, 0.5) is 5.69 Å². The summed E-state index contributed by atoms with van der Waals surface area (Å²) < 4.78 is 28.6. The lowest BCUT2D eigenvalue weighted by Gasteiger charge is -2.32. The van der Waals surface area contributed by atoms with Gasteiger partial charge in [0.15, 0.2) is 0 Å². The summed E-state index contributed by atoms with van der Waals surface area (Å²) in [5.41, 5.74) is 2.09. The Morgan fingerprint density at radius 3 is 2.15 bits per heavy atom. The molecule has 39 heavy (non-hydrogen) atoms. The van der Waals surface area contributed by atoms with Crippen LogP contribution >= 0.6 is 23.2 Å². The van der Waals surface area contributed by atoms with Crippen molar-refractivity contribution in [2.24, 2.45) is 0 Å². The fourth-order valence-corrected chi connectivity index (χ4v) is 5.55. The zero-order chi connectivity index (χ0) is 28.7. The number of halogens is 2. The van der Waals surface area contributed by atoms with Gasteiger partial charge in [0.05, 0.1) is 10.6 Å². The Kier molecular flexibility index (Phi) is 10.4. The van der Waals surface area contributed by atoms with Gasteiger partial charge in [0.25, 0.3) is 10.0 Å². The smallest absolute Gasteiger partial charge is 0.264 e. The van der Waals surface area contributed by atoms with Crippen LogP contribution in [-0.4, -0.2) is 43.8 Å². The van der Waals surface area contributed by atoms with Crippen molar-refractivity contribution in [1.29, 1.82) is 0 Å². The van der Waals surface area contributed by atoms with Crippen molar-refractivity contribution >= 4 is 50.7 Å². The molecule has 1 N–H and O–H groups in total. The van der Waals surface area contributed by atoms with Crippen molar-refractivity contribution in [2.75, 3.05) is 10.8 Å². The van der Waals surface area contributed by atoms with E-state index in [2.05, 4.69) is 5.32 Å². The van der Waals surface area contributed by atoms with Crippen molar-refractivity contribution in [2.45, 2.75) is 57.6 Å². The fraction of sp³-hybridized carbons (Fsp3) is 0.310. The molecular formula is C29H33Cl2N3O4S. The first-order valence-electron chi connectivity index (χ1n) is 12.6. The summed E-state index contributed by atoms with van der Waals surface area (Å²) in [6.07, 6.45) is 0.728. The van der Waals surface area contributed by atoms with E-state index in [1.165, 1.54) is 35.2 Å². The Balaban J connectivity index is 2.02. The Bertz CT molecular complexity index is 1400. The molecule has 0 aromatic heterocycles. The van der Waals surface area contributed by atoms with Crippen molar-refractivity contribution in [1.82, 2.24) is 10.2 Å². The second kappa shape index (κ2) is 13.3. The van der Waals surface area contributed by atoms with E-state index in [4.69, 9.17) is 23.2 Å². The lowest BCUT2D eigenvalue weighted by atomic mass is 10.1. The molecule has 0 spiro atoms. The molecule has 0 aliphatic carbocycles. The minimum atomic E-state index is -4.20. The van der Waals surface area contributed by atoms with Crippen molar-refractivity contribution in [3.05, 3.63) is 94.0 Å². The number of aryl methyl sites for hydroxylation is 1. The van der Waals surface area contributed by atoms with E-state index in [0.29, 0.717) is 10.0 Å². The number of benzene rings is 3. The van der Waals surface area contributed by atoms with Gasteiger partial charge in [-0.1, -0.05) is 66.0 Å². The molecule has 0 radical (unpaired) electrons. The van der Waals surface area contributed by atoms with Gasteiger partial charge in [0.2, 0.25) is 11.8 Å². The van der Waals surface area contributed by atoms with E-state index < -0.39 is 28.5 Å². The molecular weight excluding hydrogens is 557 g/mol. The number of hydrogen-bond donors (Lipinski definition) is 1. The molecule has 0 aliphatic rings. The van der Waals surface area contributed by atoms with E-state index in [-0.39, 0.29) is 29.1 Å². The zero-order valence-corrected chi connectivity index (χ0v) is 24.7. The summed E-state index contributed by atoms with van der Waals surface area (Å²) in [7, 11) is -4.20. The van der Waals surface area contributed by atoms with Crippen LogP contribution in [0.25, 0.3) is 0 Å². The van der Waals surface area contributed by atoms with Gasteiger partial charge in [0.1, 0.15) is 12.6 Å². The first kappa shape index (κ1) is 30.5. The quantitative estimate of drug-likeness (QED) is 0.305. The minimum absolute atomic E-state index is 0.0349. The maximum atomic E-state index is 13.9. The standard InChI is InChI=1S/C29H33Cl2N3O4S/c1-5-21(3)32-29(36)22(4)33(18-23-11-9-20(2)10-12-23)28(35)19-34(26-8-6-7-25(31)17-26)39(37,38)27-15-13-24(30)14-16-27/h6-17,21-22H,5,18-19H2,1-4H3,(H,32,36)/t21-,22-/m0/s1. The first-order chi connectivity index (χ1) is 18.4. The molecule has 10 heteroatoms. The highest BCUT2D eigenvalue weighted by Crippen LogP contribution is 2.27. The third-order valence-corrected chi connectivity index (χ3v) is 8.69. The summed E-state index contributed by atoms with van der Waals surface area (Å²) in [5, 5.41) is 3.61. The number of anilines is 1. The molecule has 0 fully saturated rings. The van der Waals surface area contributed by atoms with Crippen LogP contribution in [0, 0.1) is 6.92 Å². The molecule has 3 aromatic carbocycles. The van der Waals surface area contributed by atoms with Gasteiger partial charge in [-0.2, -0.15) is 0 Å². The van der Waals surface area contributed by atoms with Gasteiger partial charge in [0, 0.05) is 22.6 Å². The molecule has 3 aromatic rings. The number of carbonyl (C=O) groups is 2. The van der Waals surface area contributed by atoms with Crippen molar-refractivity contribution in [3.8, 4) is 0 Å². The summed E-state index contributed by atoms with van der Waals surface area (Å²) >= 11 is 12.2. The molecule has 0 heterocycles. The fourth-order valence-electron chi connectivity index (χ4n) is 3.83. The normalized spacial score (nSPS) is 12.9. The van der Waals surface area contributed by atoms with E-state index >= 15 is 0 Å². The largest absolute Gasteiger partial charge is 0.352 e. The van der Waals surface area contributed by atoms with E-state index in [9.17, 15) is 18.0 Å². The van der Waals surface area contributed by atoms with Crippen LogP contribution in [0.3, 0.4) is 0 Å². The summed E-state index contributed by atoms with van der Waals surface area (Å²) in [6, 6.07) is 18.6. The van der Waals surface area contributed by atoms with E-state index in [0.717, 1.165) is 21.9 Å². The van der Waals surface area contributed by atoms with Crippen LogP contribution in [0.2, 0.25) is 10.0 Å². The maximum Gasteiger partial charge on any atom is 0.264 e. The summed E-state index contributed by atoms with van der Waals surface area (Å²) in [4.78, 5) is 28.4. The number of nitrogens with zero attached hydrogens (tertiary/aromatic N) is 2. The Morgan fingerprint density at radius 1 is 0.923 bits per heavy atom. The molecule has 7 nitrogen and oxygen atoms in total. The number of carbonyl (C=O) groups excluding carboxylic acids is 2. The first-order valence-corrected chi connectivity index (χ1v) is 14.8. The number of rotatable bonds is 11. The van der Waals surface area contributed by atoms with Crippen LogP contribution in [-0.2, 0) is 26.2 Å². The third kappa shape index (κ3) is 7.97. The van der Waals surface area contributed by atoms with Crippen molar-refractivity contribution in [3.63, 3.8) is 0 Å². The summed E-state index contributed by atoms with van der Waals surface area (Å²) in [6.45, 7) is 7.02. The van der Waals surface area contributed by atoms with Gasteiger partial charge < -0.3 is 10.2 Å². The summed E-state index contributed by atoms with van der Waals surface area (Å²) in [5.74, 6) is -0.862. The highest BCUT2D eigenvalue weighted by atomic mass is 35.5. The van der Waals surface area contributed by atoms with Crippen LogP contribution < -0.4 is 9.62 Å². The second-order valence-corrected chi connectivity index (χ2v) is 12.2. The molecule has 0 unspecified atom stereocenters. The van der Waals surface area contributed by atoms with Gasteiger partial charge in [-0.05, 0) is 75.2 Å². The van der Waals surface area contributed by atoms with Crippen LogP contribution in [0.5, 0.6) is 0 Å². The zero-order valence-electron chi connectivity index (χ0n) is 22.4. The monoisotopic (exact) mass is 589 g/mol. The number of nitrogens with one attached hydrogen (secondary N) is 1. The highest BCUT2D eigenvalue weighted by molar-refractivity contribution is 7.92. The lowest BCUT2D eigenvalue weighted by molar-refractivity contribution is -0.139. The Hall–Kier alpha value is -3.07. The molecule has 208 valence electrons. The lowest BCUT2D eigenvalue weighted by Crippen LogP contribution is -2.52. The molecule has 0 bridgehead atoms. The third-order valence-electron chi connectivity index (χ3n) is 6.42. The molecule has 0 aliphatic heterocycles. The highest BCUT2D eigenvalue weighted by Gasteiger charge is 2.32. The number of amides is 2. The van der Waals surface area contributed by atoms with Gasteiger partial charge in [-0.15, -0.1) is 0 Å². The predicted molar refractivity (Wildman–Crippen MR) is 157 cm³/mol. The SMILES string of the molecule is CC[C@H](C)NC(=O)[C@H](C)N(Cc1ccc(C)cc1)C(=O)CN(c1cccc(Cl)c1)S(=O)(=O)c1ccc(Cl)cc1. The van der Waals surface area contributed by atoms with Crippen LogP contribution in [0.1, 0.15) is 38.3 Å². The average Bonchev–Trinajstić information content (AvgIpc) is 2.90. The predicted octanol–water partition coefficient (Wildman–Crippen LogP) is 5.83. The minimum Gasteiger partial charge on any atom is -0.352 e. The Morgan fingerprint density at radius 2 is 1.56 bits per heavy atom. The van der Waals surface area contributed by atoms with E-state index in [1.807, 2.05) is 45.0 Å². The van der Waals surface area contributed by atoms with Gasteiger partial charge in [-0.25, -0.2) is 8.42 Å². The molecule has 3 rings (SSSR count). The van der Waals surface area contributed by atoms with E-state index in [1.54, 1.807) is 25.1 Å². The molecule has 0 saturated heterocycles. The average molecular weight is 591 g/mol. The molecule has 0 saturated carbocycles. The molecule has 2 amide bonds. The number of sulfonamides is 1. The maximum absolute atomic E-state index is 13.9.